The molecular formula is C15H25IN4OS. The number of aromatic nitrogens is 1. The Balaban J connectivity index is 0.00000176. The number of hydrogen-bond acceptors (Lipinski definition) is 4. The van der Waals surface area contributed by atoms with Gasteiger partial charge in [0.05, 0.1) is 29.0 Å². The van der Waals surface area contributed by atoms with Crippen LogP contribution in [0.1, 0.15) is 36.9 Å². The van der Waals surface area contributed by atoms with Crippen LogP contribution in [0.5, 0.6) is 0 Å². The first-order valence-corrected chi connectivity index (χ1v) is 8.74. The Bertz CT molecular complexity index is 507. The van der Waals surface area contributed by atoms with Crippen molar-refractivity contribution in [3.63, 3.8) is 0 Å². The Hall–Kier alpha value is -0.410. The summed E-state index contributed by atoms with van der Waals surface area (Å²) in [6.07, 6.45) is 5.25. The van der Waals surface area contributed by atoms with E-state index < -0.39 is 0 Å². The first kappa shape index (κ1) is 17.9. The van der Waals surface area contributed by atoms with Crippen molar-refractivity contribution in [2.24, 2.45) is 4.99 Å². The maximum atomic E-state index is 5.89. The highest BCUT2D eigenvalue weighted by Crippen LogP contribution is 2.34. The third kappa shape index (κ3) is 4.55. The summed E-state index contributed by atoms with van der Waals surface area (Å²) in [5, 5.41) is 10.1. The van der Waals surface area contributed by atoms with E-state index >= 15 is 0 Å². The normalized spacial score (nSPS) is 26.8. The lowest BCUT2D eigenvalue weighted by Gasteiger charge is -2.22. The molecule has 3 rings (SSSR count). The second kappa shape index (κ2) is 8.44. The first-order valence-electron chi connectivity index (χ1n) is 7.86. The summed E-state index contributed by atoms with van der Waals surface area (Å²) in [6, 6.07) is 0.420. The van der Waals surface area contributed by atoms with Crippen LogP contribution in [0.15, 0.2) is 10.4 Å². The Morgan fingerprint density at radius 1 is 1.50 bits per heavy atom. The number of fused-ring (bicyclic) bond motifs is 2. The lowest BCUT2D eigenvalue weighted by atomic mass is 9.96. The van der Waals surface area contributed by atoms with Gasteiger partial charge in [-0.2, -0.15) is 0 Å². The molecule has 3 heterocycles. The van der Waals surface area contributed by atoms with Crippen molar-refractivity contribution in [3.05, 3.63) is 16.1 Å². The first-order chi connectivity index (χ1) is 10.2. The summed E-state index contributed by atoms with van der Waals surface area (Å²) in [5.74, 6) is 0.908. The van der Waals surface area contributed by atoms with Gasteiger partial charge in [0.2, 0.25) is 0 Å². The largest absolute Gasteiger partial charge is 0.373 e. The molecule has 2 fully saturated rings. The van der Waals surface area contributed by atoms with Gasteiger partial charge in [-0.25, -0.2) is 4.98 Å². The number of hydrogen-bond donors (Lipinski definition) is 2. The third-order valence-electron chi connectivity index (χ3n) is 4.08. The maximum absolute atomic E-state index is 5.89. The summed E-state index contributed by atoms with van der Waals surface area (Å²) < 4.78 is 5.89. The van der Waals surface area contributed by atoms with Crippen molar-refractivity contribution in [3.8, 4) is 0 Å². The summed E-state index contributed by atoms with van der Waals surface area (Å²) in [4.78, 5) is 9.14. The highest BCUT2D eigenvalue weighted by atomic mass is 127. The molecule has 0 aliphatic carbocycles. The second-order valence-electron chi connectivity index (χ2n) is 5.73. The van der Waals surface area contributed by atoms with Crippen LogP contribution in [-0.4, -0.2) is 42.3 Å². The Labute approximate surface area is 153 Å². The van der Waals surface area contributed by atoms with Crippen LogP contribution in [0, 0.1) is 6.92 Å². The molecule has 3 atom stereocenters. The molecule has 0 amide bonds. The van der Waals surface area contributed by atoms with Crippen molar-refractivity contribution in [2.45, 2.75) is 57.8 Å². The number of halogens is 1. The number of guanidine groups is 1. The van der Waals surface area contributed by atoms with E-state index in [1.165, 1.54) is 12.8 Å². The molecular weight excluding hydrogens is 411 g/mol. The highest BCUT2D eigenvalue weighted by Gasteiger charge is 2.41. The molecule has 5 nitrogen and oxygen atoms in total. The lowest BCUT2D eigenvalue weighted by Crippen LogP contribution is -2.47. The fourth-order valence-electron chi connectivity index (χ4n) is 3.09. The monoisotopic (exact) mass is 436 g/mol. The van der Waals surface area contributed by atoms with E-state index in [1.807, 2.05) is 6.92 Å². The standard InChI is InChI=1S/C15H24N4OS.HI/c1-3-16-15(17-7-6-11-9-21-10(2)18-11)19-13-8-12-4-5-14(13)20-12;/h9,12-14H,3-8H2,1-2H3,(H2,16,17,19);1H. The van der Waals surface area contributed by atoms with Gasteiger partial charge in [-0.1, -0.05) is 0 Å². The van der Waals surface area contributed by atoms with Crippen LogP contribution >= 0.6 is 35.3 Å². The Kier molecular flexibility index (Phi) is 6.88. The molecule has 7 heteroatoms. The van der Waals surface area contributed by atoms with Gasteiger partial charge in [0, 0.05) is 24.9 Å². The summed E-state index contributed by atoms with van der Waals surface area (Å²) in [6.45, 7) is 5.78. The fraction of sp³-hybridized carbons (Fsp3) is 0.733. The second-order valence-corrected chi connectivity index (χ2v) is 6.79. The predicted octanol–water partition coefficient (Wildman–Crippen LogP) is 2.49. The quantitative estimate of drug-likeness (QED) is 0.423. The van der Waals surface area contributed by atoms with E-state index in [0.717, 1.165) is 42.6 Å². The van der Waals surface area contributed by atoms with E-state index in [1.54, 1.807) is 11.3 Å². The smallest absolute Gasteiger partial charge is 0.191 e. The van der Waals surface area contributed by atoms with Gasteiger partial charge in [-0.05, 0) is 33.1 Å². The average Bonchev–Trinajstić information content (AvgIpc) is 3.16. The molecule has 2 aliphatic heterocycles. The van der Waals surface area contributed by atoms with Crippen LogP contribution in [0.3, 0.4) is 0 Å². The number of rotatable bonds is 5. The molecule has 2 saturated heterocycles. The van der Waals surface area contributed by atoms with Gasteiger partial charge in [-0.15, -0.1) is 35.3 Å². The zero-order chi connectivity index (χ0) is 14.7. The Morgan fingerprint density at radius 2 is 2.36 bits per heavy atom. The minimum atomic E-state index is 0. The van der Waals surface area contributed by atoms with E-state index in [-0.39, 0.29) is 24.0 Å². The van der Waals surface area contributed by atoms with E-state index in [0.29, 0.717) is 18.2 Å². The summed E-state index contributed by atoms with van der Waals surface area (Å²) in [5.41, 5.74) is 1.14. The molecule has 0 radical (unpaired) electrons. The van der Waals surface area contributed by atoms with Crippen LogP contribution < -0.4 is 10.6 Å². The van der Waals surface area contributed by atoms with E-state index in [9.17, 15) is 0 Å². The fourth-order valence-corrected chi connectivity index (χ4v) is 3.74. The van der Waals surface area contributed by atoms with Gasteiger partial charge in [-0.3, -0.25) is 4.99 Å². The van der Waals surface area contributed by atoms with Crippen LogP contribution in [0.4, 0.5) is 0 Å². The van der Waals surface area contributed by atoms with Crippen molar-refractivity contribution in [1.29, 1.82) is 0 Å². The molecule has 2 bridgehead atoms. The molecule has 1 aromatic heterocycles. The topological polar surface area (TPSA) is 58.5 Å². The third-order valence-corrected chi connectivity index (χ3v) is 4.90. The lowest BCUT2D eigenvalue weighted by molar-refractivity contribution is 0.0992. The van der Waals surface area contributed by atoms with Crippen LogP contribution in [0.2, 0.25) is 0 Å². The van der Waals surface area contributed by atoms with Gasteiger partial charge >= 0.3 is 0 Å². The van der Waals surface area contributed by atoms with Crippen molar-refractivity contribution in [1.82, 2.24) is 15.6 Å². The molecule has 124 valence electrons. The van der Waals surface area contributed by atoms with Crippen molar-refractivity contribution in [2.75, 3.05) is 13.1 Å². The number of thiazole rings is 1. The predicted molar refractivity (Wildman–Crippen MR) is 101 cm³/mol. The van der Waals surface area contributed by atoms with Crippen molar-refractivity contribution < 1.29 is 4.74 Å². The maximum Gasteiger partial charge on any atom is 0.191 e. The number of nitrogens with one attached hydrogen (secondary N) is 2. The number of aryl methyl sites for hydroxylation is 1. The minimum Gasteiger partial charge on any atom is -0.373 e. The minimum absolute atomic E-state index is 0. The van der Waals surface area contributed by atoms with E-state index in [4.69, 9.17) is 4.74 Å². The van der Waals surface area contributed by atoms with Gasteiger partial charge in [0.1, 0.15) is 0 Å². The molecule has 3 unspecified atom stereocenters. The summed E-state index contributed by atoms with van der Waals surface area (Å²) in [7, 11) is 0. The Morgan fingerprint density at radius 3 is 2.95 bits per heavy atom. The number of nitrogens with zero attached hydrogens (tertiary/aromatic N) is 2. The van der Waals surface area contributed by atoms with Gasteiger partial charge in [0.15, 0.2) is 5.96 Å². The van der Waals surface area contributed by atoms with Crippen LogP contribution in [0.25, 0.3) is 0 Å². The molecule has 0 spiro atoms. The highest BCUT2D eigenvalue weighted by molar-refractivity contribution is 14.0. The molecule has 0 aromatic carbocycles. The molecule has 22 heavy (non-hydrogen) atoms. The molecule has 2 N–H and O–H groups in total. The van der Waals surface area contributed by atoms with Gasteiger partial charge in [0.25, 0.3) is 0 Å². The number of aliphatic imine (C=N–C) groups is 1. The zero-order valence-electron chi connectivity index (χ0n) is 13.2. The zero-order valence-corrected chi connectivity index (χ0v) is 16.3. The molecule has 0 saturated carbocycles. The average molecular weight is 436 g/mol. The van der Waals surface area contributed by atoms with E-state index in [2.05, 4.69) is 32.9 Å². The van der Waals surface area contributed by atoms with Gasteiger partial charge < -0.3 is 15.4 Å². The van der Waals surface area contributed by atoms with Crippen molar-refractivity contribution >= 4 is 41.3 Å². The molecule has 1 aromatic rings. The number of ether oxygens (including phenoxy) is 1. The summed E-state index contributed by atoms with van der Waals surface area (Å²) >= 11 is 1.70. The SMILES string of the molecule is CCNC(=NCCc1csc(C)n1)NC1CC2CCC1O2.I. The van der Waals surface area contributed by atoms with Crippen LogP contribution in [-0.2, 0) is 11.2 Å². The molecule has 2 aliphatic rings.